The number of benzene rings is 1. The molecule has 1 aliphatic heterocycles. The molecular weight excluding hydrogens is 265 g/mol. The summed E-state index contributed by atoms with van der Waals surface area (Å²) < 4.78 is 6.67. The molecule has 76 valence electrons. The molecule has 14 heavy (non-hydrogen) atoms. The Morgan fingerprint density at radius 2 is 2.21 bits per heavy atom. The van der Waals surface area contributed by atoms with E-state index in [4.69, 9.17) is 16.3 Å². The van der Waals surface area contributed by atoms with Crippen LogP contribution in [0.4, 0.5) is 5.69 Å². The molecule has 0 aromatic heterocycles. The monoisotopic (exact) mass is 275 g/mol. The van der Waals surface area contributed by atoms with Crippen LogP contribution in [0.3, 0.4) is 0 Å². The van der Waals surface area contributed by atoms with E-state index in [0.717, 1.165) is 22.5 Å². The molecule has 0 amide bonds. The van der Waals surface area contributed by atoms with Crippen LogP contribution in [0.5, 0.6) is 5.75 Å². The first-order chi connectivity index (χ1) is 6.48. The Kier molecular flexibility index (Phi) is 2.40. The summed E-state index contributed by atoms with van der Waals surface area (Å²) in [4.78, 5) is 0. The molecule has 0 aliphatic carbocycles. The first-order valence-corrected chi connectivity index (χ1v) is 5.57. The van der Waals surface area contributed by atoms with E-state index in [9.17, 15) is 0 Å². The average molecular weight is 277 g/mol. The standard InChI is InChI=1S/C10H11BrClNO/c1-10(2)5-13-8-3-6(11)7(12)4-9(8)14-10/h3-4,13H,5H2,1-2H3. The van der Waals surface area contributed by atoms with Gasteiger partial charge in [0.25, 0.3) is 0 Å². The lowest BCUT2D eigenvalue weighted by Gasteiger charge is -2.33. The summed E-state index contributed by atoms with van der Waals surface area (Å²) in [6.07, 6.45) is 0. The van der Waals surface area contributed by atoms with Crippen LogP contribution in [0, 0.1) is 0 Å². The van der Waals surface area contributed by atoms with Gasteiger partial charge in [-0.05, 0) is 35.8 Å². The molecular formula is C10H11BrClNO. The van der Waals surface area contributed by atoms with Crippen molar-refractivity contribution in [2.45, 2.75) is 19.4 Å². The summed E-state index contributed by atoms with van der Waals surface area (Å²) in [5.41, 5.74) is 0.810. The number of hydrogen-bond acceptors (Lipinski definition) is 2. The van der Waals surface area contributed by atoms with Crippen molar-refractivity contribution in [2.24, 2.45) is 0 Å². The van der Waals surface area contributed by atoms with Gasteiger partial charge in [0, 0.05) is 10.5 Å². The number of ether oxygens (including phenoxy) is 1. The molecule has 0 atom stereocenters. The number of anilines is 1. The van der Waals surface area contributed by atoms with Gasteiger partial charge in [-0.15, -0.1) is 0 Å². The van der Waals surface area contributed by atoms with Crippen molar-refractivity contribution in [3.63, 3.8) is 0 Å². The maximum Gasteiger partial charge on any atom is 0.144 e. The van der Waals surface area contributed by atoms with Crippen molar-refractivity contribution in [2.75, 3.05) is 11.9 Å². The predicted molar refractivity (Wildman–Crippen MR) is 62.3 cm³/mol. The molecule has 1 heterocycles. The molecule has 1 aromatic rings. The van der Waals surface area contributed by atoms with Gasteiger partial charge < -0.3 is 10.1 Å². The SMILES string of the molecule is CC1(C)CNc2cc(Br)c(Cl)cc2O1. The Labute approximate surface area is 96.7 Å². The fourth-order valence-electron chi connectivity index (χ4n) is 1.39. The second-order valence-corrected chi connectivity index (χ2v) is 5.24. The van der Waals surface area contributed by atoms with Crippen molar-refractivity contribution >= 4 is 33.2 Å². The zero-order valence-electron chi connectivity index (χ0n) is 8.03. The minimum Gasteiger partial charge on any atom is -0.484 e. The van der Waals surface area contributed by atoms with E-state index in [0.29, 0.717) is 5.02 Å². The molecule has 0 radical (unpaired) electrons. The van der Waals surface area contributed by atoms with E-state index in [1.165, 1.54) is 0 Å². The highest BCUT2D eigenvalue weighted by Gasteiger charge is 2.26. The topological polar surface area (TPSA) is 21.3 Å². The van der Waals surface area contributed by atoms with Crippen LogP contribution in [0.1, 0.15) is 13.8 Å². The zero-order chi connectivity index (χ0) is 10.3. The predicted octanol–water partition coefficient (Wildman–Crippen LogP) is 3.69. The first kappa shape index (κ1) is 10.1. The van der Waals surface area contributed by atoms with Crippen LogP contribution in [-0.2, 0) is 0 Å². The Balaban J connectivity index is 2.43. The summed E-state index contributed by atoms with van der Waals surface area (Å²) in [7, 11) is 0. The van der Waals surface area contributed by atoms with E-state index in [2.05, 4.69) is 21.2 Å². The van der Waals surface area contributed by atoms with E-state index in [1.807, 2.05) is 26.0 Å². The maximum atomic E-state index is 5.98. The molecule has 0 spiro atoms. The van der Waals surface area contributed by atoms with Gasteiger partial charge >= 0.3 is 0 Å². The number of hydrogen-bond donors (Lipinski definition) is 1. The number of halogens is 2. The average Bonchev–Trinajstić information content (AvgIpc) is 2.07. The molecule has 0 saturated heterocycles. The number of nitrogens with one attached hydrogen (secondary N) is 1. The third-order valence-electron chi connectivity index (χ3n) is 2.11. The normalized spacial score (nSPS) is 18.0. The first-order valence-electron chi connectivity index (χ1n) is 4.40. The maximum absolute atomic E-state index is 5.98. The lowest BCUT2D eigenvalue weighted by Crippen LogP contribution is -2.39. The van der Waals surface area contributed by atoms with Crippen LogP contribution < -0.4 is 10.1 Å². The van der Waals surface area contributed by atoms with Crippen molar-refractivity contribution in [1.82, 2.24) is 0 Å². The minimum atomic E-state index is -0.176. The molecule has 0 unspecified atom stereocenters. The van der Waals surface area contributed by atoms with Crippen molar-refractivity contribution in [1.29, 1.82) is 0 Å². The van der Waals surface area contributed by atoms with Gasteiger partial charge in [-0.25, -0.2) is 0 Å². The van der Waals surface area contributed by atoms with E-state index < -0.39 is 0 Å². The van der Waals surface area contributed by atoms with Gasteiger partial charge in [0.1, 0.15) is 11.4 Å². The fourth-order valence-corrected chi connectivity index (χ4v) is 1.89. The lowest BCUT2D eigenvalue weighted by molar-refractivity contribution is 0.116. The molecule has 1 aliphatic rings. The Hall–Kier alpha value is -0.410. The molecule has 2 nitrogen and oxygen atoms in total. The van der Waals surface area contributed by atoms with Crippen LogP contribution in [0.2, 0.25) is 5.02 Å². The molecule has 4 heteroatoms. The molecule has 1 N–H and O–H groups in total. The summed E-state index contributed by atoms with van der Waals surface area (Å²) in [6.45, 7) is 4.88. The van der Waals surface area contributed by atoms with Crippen LogP contribution in [0.15, 0.2) is 16.6 Å². The highest BCUT2D eigenvalue weighted by molar-refractivity contribution is 9.10. The smallest absolute Gasteiger partial charge is 0.144 e. The van der Waals surface area contributed by atoms with Gasteiger partial charge in [-0.2, -0.15) is 0 Å². The van der Waals surface area contributed by atoms with E-state index >= 15 is 0 Å². The zero-order valence-corrected chi connectivity index (χ0v) is 10.4. The van der Waals surface area contributed by atoms with Crippen LogP contribution in [0.25, 0.3) is 0 Å². The summed E-state index contributed by atoms with van der Waals surface area (Å²) in [5, 5.41) is 3.98. The molecule has 0 fully saturated rings. The van der Waals surface area contributed by atoms with Crippen LogP contribution >= 0.6 is 27.5 Å². The van der Waals surface area contributed by atoms with E-state index in [1.54, 1.807) is 0 Å². The van der Waals surface area contributed by atoms with Gasteiger partial charge in [-0.1, -0.05) is 11.6 Å². The number of fused-ring (bicyclic) bond motifs is 1. The van der Waals surface area contributed by atoms with Crippen molar-refractivity contribution < 1.29 is 4.74 Å². The second-order valence-electron chi connectivity index (χ2n) is 3.98. The largest absolute Gasteiger partial charge is 0.484 e. The summed E-state index contributed by atoms with van der Waals surface area (Å²) in [5.74, 6) is 0.814. The minimum absolute atomic E-state index is 0.176. The highest BCUT2D eigenvalue weighted by atomic mass is 79.9. The summed E-state index contributed by atoms with van der Waals surface area (Å²) in [6, 6.07) is 3.77. The van der Waals surface area contributed by atoms with Crippen molar-refractivity contribution in [3.8, 4) is 5.75 Å². The Bertz CT molecular complexity index is 379. The van der Waals surface area contributed by atoms with Gasteiger partial charge in [0.2, 0.25) is 0 Å². The third-order valence-corrected chi connectivity index (χ3v) is 3.31. The molecule has 0 saturated carbocycles. The van der Waals surface area contributed by atoms with Gasteiger partial charge in [0.15, 0.2) is 0 Å². The lowest BCUT2D eigenvalue weighted by atomic mass is 10.1. The molecule has 2 rings (SSSR count). The molecule has 0 bridgehead atoms. The van der Waals surface area contributed by atoms with Crippen molar-refractivity contribution in [3.05, 3.63) is 21.6 Å². The second kappa shape index (κ2) is 3.31. The van der Waals surface area contributed by atoms with Gasteiger partial charge in [0.05, 0.1) is 17.3 Å². The summed E-state index contributed by atoms with van der Waals surface area (Å²) >= 11 is 9.36. The quantitative estimate of drug-likeness (QED) is 0.780. The Morgan fingerprint density at radius 3 is 2.93 bits per heavy atom. The van der Waals surface area contributed by atoms with E-state index in [-0.39, 0.29) is 5.60 Å². The number of rotatable bonds is 0. The van der Waals surface area contributed by atoms with Gasteiger partial charge in [-0.3, -0.25) is 0 Å². The highest BCUT2D eigenvalue weighted by Crippen LogP contribution is 2.38. The van der Waals surface area contributed by atoms with Crippen LogP contribution in [-0.4, -0.2) is 12.1 Å². The third kappa shape index (κ3) is 1.84. The molecule has 1 aromatic carbocycles. The fraction of sp³-hybridized carbons (Fsp3) is 0.400. The Morgan fingerprint density at radius 1 is 1.50 bits per heavy atom.